The molecule has 0 radical (unpaired) electrons. The fraction of sp³-hybridized carbons (Fsp3) is 0.923. The van der Waals surface area contributed by atoms with E-state index in [0.717, 1.165) is 32.5 Å². The Bertz CT molecular complexity index is 247. The van der Waals surface area contributed by atoms with E-state index in [0.29, 0.717) is 6.04 Å². The van der Waals surface area contributed by atoms with E-state index in [1.807, 2.05) is 25.8 Å². The van der Waals surface area contributed by atoms with Crippen LogP contribution in [0.3, 0.4) is 0 Å². The highest BCUT2D eigenvalue weighted by atomic mass is 16.2. The summed E-state index contributed by atoms with van der Waals surface area (Å²) in [6.07, 6.45) is 2.14. The number of carbonyl (C=O) groups is 1. The Balaban J connectivity index is 2.48. The van der Waals surface area contributed by atoms with Crippen LogP contribution in [-0.2, 0) is 4.79 Å². The van der Waals surface area contributed by atoms with Gasteiger partial charge in [-0.25, -0.2) is 0 Å². The largest absolute Gasteiger partial charge is 0.341 e. The van der Waals surface area contributed by atoms with E-state index < -0.39 is 0 Å². The third kappa shape index (κ3) is 3.68. The molecule has 1 rings (SSSR count). The van der Waals surface area contributed by atoms with Gasteiger partial charge in [0.15, 0.2) is 0 Å². The molecule has 0 aromatic rings. The van der Waals surface area contributed by atoms with Gasteiger partial charge < -0.3 is 15.5 Å². The molecule has 0 bridgehead atoms. The van der Waals surface area contributed by atoms with E-state index in [4.69, 9.17) is 5.73 Å². The summed E-state index contributed by atoms with van der Waals surface area (Å²) in [5.74, 6) is 0.302. The number of hydrogen-bond acceptors (Lipinski definition) is 3. The van der Waals surface area contributed by atoms with Crippen molar-refractivity contribution in [3.63, 3.8) is 0 Å². The first-order valence-electron chi connectivity index (χ1n) is 6.72. The summed E-state index contributed by atoms with van der Waals surface area (Å²) in [5, 5.41) is 0. The van der Waals surface area contributed by atoms with Crippen LogP contribution < -0.4 is 5.73 Å². The third-order valence-electron chi connectivity index (χ3n) is 3.90. The number of piperidine rings is 1. The molecule has 1 fully saturated rings. The monoisotopic (exact) mass is 241 g/mol. The summed E-state index contributed by atoms with van der Waals surface area (Å²) in [7, 11) is 1.90. The van der Waals surface area contributed by atoms with E-state index in [-0.39, 0.29) is 17.9 Å². The minimum absolute atomic E-state index is 0.0925. The minimum Gasteiger partial charge on any atom is -0.341 e. The Morgan fingerprint density at radius 3 is 2.35 bits per heavy atom. The molecule has 2 N–H and O–H groups in total. The molecule has 0 aromatic heterocycles. The Morgan fingerprint density at radius 2 is 1.94 bits per heavy atom. The van der Waals surface area contributed by atoms with Gasteiger partial charge >= 0.3 is 0 Å². The van der Waals surface area contributed by atoms with Gasteiger partial charge in [-0.2, -0.15) is 0 Å². The van der Waals surface area contributed by atoms with Gasteiger partial charge in [0.05, 0.1) is 6.04 Å². The molecule has 0 aliphatic carbocycles. The highest BCUT2D eigenvalue weighted by molar-refractivity contribution is 5.81. The van der Waals surface area contributed by atoms with Crippen LogP contribution in [0.2, 0.25) is 0 Å². The Morgan fingerprint density at radius 1 is 1.41 bits per heavy atom. The van der Waals surface area contributed by atoms with Crippen LogP contribution in [0.5, 0.6) is 0 Å². The van der Waals surface area contributed by atoms with Gasteiger partial charge in [0.1, 0.15) is 0 Å². The van der Waals surface area contributed by atoms with Gasteiger partial charge in [-0.15, -0.1) is 0 Å². The lowest BCUT2D eigenvalue weighted by atomic mass is 10.00. The van der Waals surface area contributed by atoms with Crippen molar-refractivity contribution >= 4 is 5.91 Å². The molecule has 1 atom stereocenters. The summed E-state index contributed by atoms with van der Waals surface area (Å²) in [6.45, 7) is 9.47. The van der Waals surface area contributed by atoms with Gasteiger partial charge in [0.2, 0.25) is 5.91 Å². The normalized spacial score (nSPS) is 20.6. The molecule has 0 spiro atoms. The summed E-state index contributed by atoms with van der Waals surface area (Å²) in [6, 6.07) is 0.0132. The lowest BCUT2D eigenvalue weighted by Crippen LogP contribution is -2.51. The van der Waals surface area contributed by atoms with Crippen LogP contribution in [0, 0.1) is 5.92 Å². The number of nitrogens with two attached hydrogens (primary N) is 1. The van der Waals surface area contributed by atoms with E-state index >= 15 is 0 Å². The molecule has 1 aliphatic heterocycles. The van der Waals surface area contributed by atoms with Crippen LogP contribution in [0.15, 0.2) is 0 Å². The summed E-state index contributed by atoms with van der Waals surface area (Å²) in [5.41, 5.74) is 5.92. The molecule has 0 aromatic carbocycles. The maximum absolute atomic E-state index is 12.1. The SMILES string of the molecule is CCN1CCC(N(C)C(=O)[C@H](N)C(C)C)CC1. The van der Waals surface area contributed by atoms with E-state index in [1.54, 1.807) is 0 Å². The number of likely N-dealkylation sites (N-methyl/N-ethyl adjacent to an activating group) is 1. The van der Waals surface area contributed by atoms with Crippen molar-refractivity contribution in [2.45, 2.75) is 45.7 Å². The van der Waals surface area contributed by atoms with Gasteiger partial charge in [-0.05, 0) is 25.3 Å². The number of likely N-dealkylation sites (tertiary alicyclic amines) is 1. The zero-order valence-corrected chi connectivity index (χ0v) is 11.6. The molecule has 1 heterocycles. The van der Waals surface area contributed by atoms with Gasteiger partial charge in [0.25, 0.3) is 0 Å². The highest BCUT2D eigenvalue weighted by Crippen LogP contribution is 2.16. The second kappa shape index (κ2) is 6.36. The van der Waals surface area contributed by atoms with E-state index in [2.05, 4.69) is 11.8 Å². The Labute approximate surface area is 105 Å². The average molecular weight is 241 g/mol. The molecule has 0 unspecified atom stereocenters. The Kier molecular flexibility index (Phi) is 5.40. The molecular formula is C13H27N3O. The van der Waals surface area contributed by atoms with Crippen molar-refractivity contribution in [1.29, 1.82) is 0 Å². The summed E-state index contributed by atoms with van der Waals surface area (Å²) in [4.78, 5) is 16.4. The van der Waals surface area contributed by atoms with E-state index in [9.17, 15) is 4.79 Å². The maximum atomic E-state index is 12.1. The molecule has 100 valence electrons. The molecule has 4 nitrogen and oxygen atoms in total. The standard InChI is InChI=1S/C13H27N3O/c1-5-16-8-6-11(7-9-16)15(4)13(17)12(14)10(2)3/h10-12H,5-9,14H2,1-4H3/t12-/m1/s1. The van der Waals surface area contributed by atoms with Crippen molar-refractivity contribution in [3.05, 3.63) is 0 Å². The van der Waals surface area contributed by atoms with Crippen LogP contribution in [-0.4, -0.2) is 54.5 Å². The zero-order chi connectivity index (χ0) is 13.0. The average Bonchev–Trinajstić information content (AvgIpc) is 2.36. The second-order valence-corrected chi connectivity index (χ2v) is 5.38. The summed E-state index contributed by atoms with van der Waals surface area (Å²) >= 11 is 0. The van der Waals surface area contributed by atoms with Crippen molar-refractivity contribution in [2.24, 2.45) is 11.7 Å². The van der Waals surface area contributed by atoms with E-state index in [1.165, 1.54) is 0 Å². The third-order valence-corrected chi connectivity index (χ3v) is 3.90. The molecule has 4 heteroatoms. The quantitative estimate of drug-likeness (QED) is 0.796. The van der Waals surface area contributed by atoms with Crippen molar-refractivity contribution in [3.8, 4) is 0 Å². The second-order valence-electron chi connectivity index (χ2n) is 5.38. The molecule has 1 aliphatic rings. The topological polar surface area (TPSA) is 49.6 Å². The smallest absolute Gasteiger partial charge is 0.239 e. The predicted molar refractivity (Wildman–Crippen MR) is 70.7 cm³/mol. The van der Waals surface area contributed by atoms with Gasteiger partial charge in [0, 0.05) is 26.2 Å². The fourth-order valence-electron chi connectivity index (χ4n) is 2.32. The van der Waals surface area contributed by atoms with Crippen molar-refractivity contribution in [1.82, 2.24) is 9.80 Å². The van der Waals surface area contributed by atoms with Crippen LogP contribution in [0.4, 0.5) is 0 Å². The fourth-order valence-corrected chi connectivity index (χ4v) is 2.32. The number of hydrogen-bond donors (Lipinski definition) is 1. The maximum Gasteiger partial charge on any atom is 0.239 e. The first-order valence-corrected chi connectivity index (χ1v) is 6.72. The molecule has 17 heavy (non-hydrogen) atoms. The molecular weight excluding hydrogens is 214 g/mol. The molecule has 1 saturated heterocycles. The van der Waals surface area contributed by atoms with Gasteiger partial charge in [-0.1, -0.05) is 20.8 Å². The number of amides is 1. The Hall–Kier alpha value is -0.610. The van der Waals surface area contributed by atoms with Crippen LogP contribution >= 0.6 is 0 Å². The summed E-state index contributed by atoms with van der Waals surface area (Å²) < 4.78 is 0. The van der Waals surface area contributed by atoms with Gasteiger partial charge in [-0.3, -0.25) is 4.79 Å². The highest BCUT2D eigenvalue weighted by Gasteiger charge is 2.28. The first-order chi connectivity index (χ1) is 7.97. The van der Waals surface area contributed by atoms with Crippen LogP contribution in [0.25, 0.3) is 0 Å². The minimum atomic E-state index is -0.357. The number of rotatable bonds is 4. The lowest BCUT2D eigenvalue weighted by Gasteiger charge is -2.37. The molecule has 0 saturated carbocycles. The number of nitrogens with zero attached hydrogens (tertiary/aromatic N) is 2. The lowest BCUT2D eigenvalue weighted by molar-refractivity contribution is -0.135. The predicted octanol–water partition coefficient (Wildman–Crippen LogP) is 0.912. The first kappa shape index (κ1) is 14.5. The zero-order valence-electron chi connectivity index (χ0n) is 11.6. The van der Waals surface area contributed by atoms with Crippen molar-refractivity contribution < 1.29 is 4.79 Å². The number of carbonyl (C=O) groups excluding carboxylic acids is 1. The van der Waals surface area contributed by atoms with Crippen molar-refractivity contribution in [2.75, 3.05) is 26.7 Å². The molecule has 1 amide bonds. The van der Waals surface area contributed by atoms with Crippen LogP contribution in [0.1, 0.15) is 33.6 Å².